The van der Waals surface area contributed by atoms with E-state index in [0.717, 1.165) is 41.9 Å². The van der Waals surface area contributed by atoms with E-state index in [1.807, 2.05) is 0 Å². The molecule has 0 aliphatic heterocycles. The Labute approximate surface area is 561 Å². The number of benzene rings is 14. The second-order valence-electron chi connectivity index (χ2n) is 26.1. The first-order valence-corrected chi connectivity index (χ1v) is 34.2. The number of aromatic nitrogens is 5. The number of hydrogen-bond donors (Lipinski definition) is 0. The lowest BCUT2D eigenvalue weighted by atomic mass is 9.98. The summed E-state index contributed by atoms with van der Waals surface area (Å²) in [6.45, 7) is 9.43. The largest absolute Gasteiger partial charge is 0.341 e. The van der Waals surface area contributed by atoms with Crippen LogP contribution in [0.1, 0.15) is 54.2 Å². The Hall–Kier alpha value is -12.2. The normalized spacial score (nSPS) is 12.5. The maximum atomic E-state index is 2.51. The average Bonchev–Trinajstić information content (AvgIpc) is 1.56. The third-order valence-corrected chi connectivity index (χ3v) is 20.7. The van der Waals surface area contributed by atoms with Gasteiger partial charge in [-0.1, -0.05) is 200 Å². The first-order chi connectivity index (χ1) is 47.9. The minimum absolute atomic E-state index is 0.852. The molecule has 0 atom stereocenters. The molecule has 0 unspecified atom stereocenters. The molecule has 14 aromatic carbocycles. The molecule has 0 fully saturated rings. The van der Waals surface area contributed by atoms with E-state index in [1.165, 1.54) is 164 Å². The Kier molecular flexibility index (Phi) is 13.1. The van der Waals surface area contributed by atoms with Gasteiger partial charge in [0.1, 0.15) is 0 Å². The predicted molar refractivity (Wildman–Crippen MR) is 418 cm³/mol. The van der Waals surface area contributed by atoms with Gasteiger partial charge in [-0.05, 0) is 191 Å². The number of hydrogen-bond acceptors (Lipinski definition) is 0. The molecule has 5 heteroatoms. The van der Waals surface area contributed by atoms with E-state index in [4.69, 9.17) is 0 Å². The second-order valence-corrected chi connectivity index (χ2v) is 26.1. The van der Waals surface area contributed by atoms with Crippen molar-refractivity contribution in [1.29, 1.82) is 0 Å². The molecular weight excluding hydrogens is 1180 g/mol. The SMILES string of the molecule is CCn1c2ccccc2c2cc(/C=C/c3cc(/C=C/c4ccc5c(c4)c4ccccc4n5CC)cc(/C=C/c4ccc5c(c4)c4ccc(-c6ccc7cccc(-n8c9ccccc9c9cc%10c(cc98)c8ccccc8n%10-c8cccc9ccccc89)c7c6)cc4n5CC)c3)ccc21. The Morgan fingerprint density at radius 2 is 0.546 bits per heavy atom. The molecule has 0 saturated carbocycles. The fourth-order valence-electron chi connectivity index (χ4n) is 16.3. The van der Waals surface area contributed by atoms with Crippen LogP contribution in [0.25, 0.3) is 190 Å². The summed E-state index contributed by atoms with van der Waals surface area (Å²) in [6, 6.07) is 104. The summed E-state index contributed by atoms with van der Waals surface area (Å²) in [5.41, 5.74) is 24.0. The highest BCUT2D eigenvalue weighted by Crippen LogP contribution is 2.43. The van der Waals surface area contributed by atoms with E-state index in [-0.39, 0.29) is 0 Å². The van der Waals surface area contributed by atoms with E-state index < -0.39 is 0 Å². The van der Waals surface area contributed by atoms with Crippen LogP contribution in [0.2, 0.25) is 0 Å². The third-order valence-electron chi connectivity index (χ3n) is 20.7. The number of fused-ring (bicyclic) bond motifs is 17. The van der Waals surface area contributed by atoms with Crippen LogP contribution in [-0.2, 0) is 19.6 Å². The Morgan fingerprint density at radius 3 is 1.03 bits per heavy atom. The maximum absolute atomic E-state index is 2.51. The van der Waals surface area contributed by atoms with Crippen molar-refractivity contribution in [2.24, 2.45) is 0 Å². The Balaban J connectivity index is 0.681. The standard InChI is InChI=1S/C92H67N5/c1-4-93-81-27-13-9-23-70(81)76-52-59(39-46-83(76)93)33-36-62-49-63(37-34-60-40-47-84-77(53-60)71-24-10-14-28-82(71)94(84)5-2)51-64(50-62)38-35-61-41-48-85-78(54-61)74-45-44-68(56-90(74)95(85)6-3)67-43-42-66-21-18-32-89(75(66)55-67)97-88-30-16-12-26-73(88)80-57-91-79(58-92(80)97)72-25-11-15-29-87(72)96(91)86-31-17-20-65-19-7-8-22-69(65)86/h7-58H,4-6H2,1-3H3/b36-33+,37-34+,38-35+. The van der Waals surface area contributed by atoms with E-state index in [9.17, 15) is 0 Å². The van der Waals surface area contributed by atoms with Crippen LogP contribution >= 0.6 is 0 Å². The summed E-state index contributed by atoms with van der Waals surface area (Å²) in [7, 11) is 0. The minimum Gasteiger partial charge on any atom is -0.341 e. The lowest BCUT2D eigenvalue weighted by Crippen LogP contribution is -1.96. The van der Waals surface area contributed by atoms with E-state index in [2.05, 4.69) is 359 Å². The summed E-state index contributed by atoms with van der Waals surface area (Å²) in [5.74, 6) is 0. The van der Waals surface area contributed by atoms with Gasteiger partial charge in [0.05, 0.1) is 33.4 Å². The number of aryl methyl sites for hydroxylation is 3. The lowest BCUT2D eigenvalue weighted by Gasteiger charge is -2.14. The van der Waals surface area contributed by atoms with Gasteiger partial charge in [0.2, 0.25) is 0 Å². The minimum atomic E-state index is 0.852. The molecule has 0 radical (unpaired) electrons. The molecule has 5 heterocycles. The molecule has 97 heavy (non-hydrogen) atoms. The second kappa shape index (κ2) is 22.5. The molecule has 19 rings (SSSR count). The Bertz CT molecular complexity index is 6420. The van der Waals surface area contributed by atoms with Gasteiger partial charge in [0.15, 0.2) is 0 Å². The van der Waals surface area contributed by atoms with Gasteiger partial charge < -0.3 is 22.8 Å². The molecular formula is C92H67N5. The summed E-state index contributed by atoms with van der Waals surface area (Å²) in [6.07, 6.45) is 13.6. The van der Waals surface area contributed by atoms with Crippen molar-refractivity contribution < 1.29 is 0 Å². The topological polar surface area (TPSA) is 24.6 Å². The zero-order valence-electron chi connectivity index (χ0n) is 54.4. The van der Waals surface area contributed by atoms with Crippen LogP contribution < -0.4 is 0 Å². The van der Waals surface area contributed by atoms with Crippen LogP contribution in [0.4, 0.5) is 0 Å². The molecule has 0 aliphatic rings. The van der Waals surface area contributed by atoms with Gasteiger partial charge in [-0.25, -0.2) is 0 Å². The fourth-order valence-corrected chi connectivity index (χ4v) is 16.3. The van der Waals surface area contributed by atoms with Crippen LogP contribution in [0.5, 0.6) is 0 Å². The van der Waals surface area contributed by atoms with Crippen LogP contribution in [0.3, 0.4) is 0 Å². The zero-order chi connectivity index (χ0) is 64.4. The number of para-hydroxylation sites is 4. The van der Waals surface area contributed by atoms with Gasteiger partial charge >= 0.3 is 0 Å². The number of rotatable bonds is 12. The van der Waals surface area contributed by atoms with Gasteiger partial charge in [0.25, 0.3) is 0 Å². The van der Waals surface area contributed by atoms with Crippen molar-refractivity contribution in [3.8, 4) is 22.5 Å². The molecule has 0 aliphatic carbocycles. The summed E-state index contributed by atoms with van der Waals surface area (Å²) < 4.78 is 12.3. The molecule has 0 spiro atoms. The van der Waals surface area contributed by atoms with Crippen LogP contribution in [-0.4, -0.2) is 22.8 Å². The van der Waals surface area contributed by atoms with Crippen LogP contribution in [0.15, 0.2) is 279 Å². The van der Waals surface area contributed by atoms with E-state index >= 15 is 0 Å². The monoisotopic (exact) mass is 1240 g/mol. The van der Waals surface area contributed by atoms with Crippen molar-refractivity contribution in [2.75, 3.05) is 0 Å². The lowest BCUT2D eigenvalue weighted by molar-refractivity contribution is 0.827. The van der Waals surface area contributed by atoms with Crippen molar-refractivity contribution in [3.63, 3.8) is 0 Å². The maximum Gasteiger partial charge on any atom is 0.0549 e. The van der Waals surface area contributed by atoms with E-state index in [1.54, 1.807) is 0 Å². The quantitative estimate of drug-likeness (QED) is 0.109. The highest BCUT2D eigenvalue weighted by Gasteiger charge is 2.22. The van der Waals surface area contributed by atoms with Crippen molar-refractivity contribution >= 4 is 167 Å². The molecule has 0 amide bonds. The van der Waals surface area contributed by atoms with Gasteiger partial charge in [0, 0.05) is 117 Å². The molecule has 0 bridgehead atoms. The molecule has 5 nitrogen and oxygen atoms in total. The fraction of sp³-hybridized carbons (Fsp3) is 0.0652. The third kappa shape index (κ3) is 9.06. The predicted octanol–water partition coefficient (Wildman–Crippen LogP) is 24.7. The summed E-state index contributed by atoms with van der Waals surface area (Å²) >= 11 is 0. The summed E-state index contributed by atoms with van der Waals surface area (Å²) in [5, 5.41) is 17.5. The van der Waals surface area contributed by atoms with Gasteiger partial charge in [-0.2, -0.15) is 0 Å². The van der Waals surface area contributed by atoms with Gasteiger partial charge in [-0.3, -0.25) is 0 Å². The molecule has 5 aromatic heterocycles. The molecule has 19 aromatic rings. The first-order valence-electron chi connectivity index (χ1n) is 34.2. The van der Waals surface area contributed by atoms with Gasteiger partial charge in [-0.15, -0.1) is 0 Å². The zero-order valence-corrected chi connectivity index (χ0v) is 54.4. The number of nitrogens with zero attached hydrogens (tertiary/aromatic N) is 5. The molecule has 460 valence electrons. The smallest absolute Gasteiger partial charge is 0.0549 e. The average molecular weight is 1240 g/mol. The Morgan fingerprint density at radius 1 is 0.206 bits per heavy atom. The van der Waals surface area contributed by atoms with Crippen LogP contribution in [0, 0.1) is 0 Å². The summed E-state index contributed by atoms with van der Waals surface area (Å²) in [4.78, 5) is 0. The highest BCUT2D eigenvalue weighted by atomic mass is 15.0. The van der Waals surface area contributed by atoms with Crippen molar-refractivity contribution in [3.05, 3.63) is 312 Å². The van der Waals surface area contributed by atoms with Crippen molar-refractivity contribution in [2.45, 2.75) is 40.4 Å². The van der Waals surface area contributed by atoms with E-state index in [0.29, 0.717) is 0 Å². The highest BCUT2D eigenvalue weighted by molar-refractivity contribution is 6.20. The first kappa shape index (κ1) is 56.4. The molecule has 0 saturated heterocycles. The van der Waals surface area contributed by atoms with Crippen molar-refractivity contribution in [1.82, 2.24) is 22.8 Å². The molecule has 0 N–H and O–H groups in total.